The molecule has 1 atom stereocenters. The number of hydrogen-bond acceptors (Lipinski definition) is 7. The molecule has 2 aliphatic heterocycles. The number of nitrogen functional groups attached to an aromatic ring is 1. The molecule has 2 fully saturated rings. The number of benzene rings is 1. The van der Waals surface area contributed by atoms with Crippen LogP contribution in [0.15, 0.2) is 48.8 Å². The minimum atomic E-state index is -0.556. The average Bonchev–Trinajstić information content (AvgIpc) is 3.43. The first-order chi connectivity index (χ1) is 18.7. The van der Waals surface area contributed by atoms with Crippen molar-refractivity contribution in [3.05, 3.63) is 65.6 Å². The third-order valence-electron chi connectivity index (χ3n) is 7.43. The summed E-state index contributed by atoms with van der Waals surface area (Å²) in [5.74, 6) is 0.769. The molecule has 2 N–H and O–H groups in total. The van der Waals surface area contributed by atoms with Gasteiger partial charge in [0.15, 0.2) is 0 Å². The number of amides is 1. The van der Waals surface area contributed by atoms with E-state index in [0.717, 1.165) is 66.7 Å². The van der Waals surface area contributed by atoms with Gasteiger partial charge in [0.1, 0.15) is 23.2 Å². The summed E-state index contributed by atoms with van der Waals surface area (Å²) in [4.78, 5) is 23.7. The zero-order chi connectivity index (χ0) is 27.6. The number of hydrogen-bond donors (Lipinski definition) is 1. The number of nitriles is 1. The standard InChI is InChI=1S/C31H35N5O3/c1-31(2,3)39-30(37)36-12-4-5-28(36)27-16-21(6-7-25(27)20-9-13-38-14-10-20)23-17-26(29(33)35-19-23)22-8-11-34-24(15-22)18-32/h6-8,11,15-17,19-20,28H,4-5,9-10,12-14H2,1-3H3,(H2,33,35)/t28-/m0/s1. The topological polar surface area (TPSA) is 114 Å². The molecule has 0 saturated carbocycles. The maximum absolute atomic E-state index is 13.2. The molecule has 8 nitrogen and oxygen atoms in total. The quantitative estimate of drug-likeness (QED) is 0.429. The van der Waals surface area contributed by atoms with E-state index in [0.29, 0.717) is 24.0 Å². The highest BCUT2D eigenvalue weighted by Crippen LogP contribution is 2.42. The monoisotopic (exact) mass is 525 g/mol. The van der Waals surface area contributed by atoms with Crippen LogP contribution in [-0.4, -0.2) is 46.3 Å². The summed E-state index contributed by atoms with van der Waals surface area (Å²) in [7, 11) is 0. The summed E-state index contributed by atoms with van der Waals surface area (Å²) in [6.07, 6.45) is 6.85. The van der Waals surface area contributed by atoms with Crippen molar-refractivity contribution in [1.29, 1.82) is 5.26 Å². The van der Waals surface area contributed by atoms with Crippen molar-refractivity contribution < 1.29 is 14.3 Å². The number of rotatable bonds is 4. The van der Waals surface area contributed by atoms with Crippen molar-refractivity contribution in [3.63, 3.8) is 0 Å². The van der Waals surface area contributed by atoms with E-state index in [1.54, 1.807) is 18.5 Å². The van der Waals surface area contributed by atoms with Crippen molar-refractivity contribution in [1.82, 2.24) is 14.9 Å². The van der Waals surface area contributed by atoms with Crippen LogP contribution in [0.5, 0.6) is 0 Å². The van der Waals surface area contributed by atoms with Gasteiger partial charge in [-0.2, -0.15) is 5.26 Å². The number of aromatic nitrogens is 2. The van der Waals surface area contributed by atoms with Crippen LogP contribution in [0, 0.1) is 11.3 Å². The van der Waals surface area contributed by atoms with Crippen molar-refractivity contribution in [2.45, 2.75) is 64.0 Å². The molecule has 2 aromatic heterocycles. The van der Waals surface area contributed by atoms with Gasteiger partial charge in [-0.15, -0.1) is 0 Å². The zero-order valence-corrected chi connectivity index (χ0v) is 22.8. The van der Waals surface area contributed by atoms with Gasteiger partial charge in [-0.3, -0.25) is 0 Å². The maximum atomic E-state index is 13.2. The Morgan fingerprint density at radius 3 is 2.59 bits per heavy atom. The predicted octanol–water partition coefficient (Wildman–Crippen LogP) is 6.23. The molecule has 39 heavy (non-hydrogen) atoms. The fourth-order valence-corrected chi connectivity index (χ4v) is 5.58. The van der Waals surface area contributed by atoms with Crippen LogP contribution >= 0.6 is 0 Å². The Kier molecular flexibility index (Phi) is 7.53. The van der Waals surface area contributed by atoms with E-state index in [1.807, 2.05) is 37.8 Å². The zero-order valence-electron chi connectivity index (χ0n) is 22.8. The molecule has 0 spiro atoms. The smallest absolute Gasteiger partial charge is 0.410 e. The highest BCUT2D eigenvalue weighted by atomic mass is 16.6. The molecule has 8 heteroatoms. The van der Waals surface area contributed by atoms with Gasteiger partial charge in [0, 0.05) is 43.3 Å². The van der Waals surface area contributed by atoms with Crippen LogP contribution in [0.1, 0.15) is 75.2 Å². The summed E-state index contributed by atoms with van der Waals surface area (Å²) in [5.41, 5.74) is 11.9. The van der Waals surface area contributed by atoms with E-state index in [-0.39, 0.29) is 12.1 Å². The van der Waals surface area contributed by atoms with Gasteiger partial charge in [0.25, 0.3) is 0 Å². The van der Waals surface area contributed by atoms with Crippen LogP contribution < -0.4 is 5.73 Å². The number of carbonyl (C=O) groups is 1. The van der Waals surface area contributed by atoms with Crippen LogP contribution in [0.4, 0.5) is 10.6 Å². The highest BCUT2D eigenvalue weighted by molar-refractivity contribution is 5.80. The number of nitrogens with zero attached hydrogens (tertiary/aromatic N) is 4. The average molecular weight is 526 g/mol. The normalized spacial score (nSPS) is 18.1. The van der Waals surface area contributed by atoms with Gasteiger partial charge >= 0.3 is 6.09 Å². The maximum Gasteiger partial charge on any atom is 0.410 e. The minimum Gasteiger partial charge on any atom is -0.444 e. The molecule has 4 heterocycles. The third kappa shape index (κ3) is 5.89. The molecule has 2 aliphatic rings. The van der Waals surface area contributed by atoms with Crippen molar-refractivity contribution in [3.8, 4) is 28.3 Å². The van der Waals surface area contributed by atoms with Crippen LogP contribution in [0.3, 0.4) is 0 Å². The Bertz CT molecular complexity index is 1400. The Balaban J connectivity index is 1.56. The predicted molar refractivity (Wildman–Crippen MR) is 150 cm³/mol. The molecule has 0 unspecified atom stereocenters. The van der Waals surface area contributed by atoms with E-state index < -0.39 is 5.60 Å². The second-order valence-corrected chi connectivity index (χ2v) is 11.3. The lowest BCUT2D eigenvalue weighted by Gasteiger charge is -2.32. The lowest BCUT2D eigenvalue weighted by atomic mass is 9.83. The molecule has 0 aliphatic carbocycles. The van der Waals surface area contributed by atoms with Gasteiger partial charge in [0.05, 0.1) is 6.04 Å². The summed E-state index contributed by atoms with van der Waals surface area (Å²) in [6.45, 7) is 7.87. The van der Waals surface area contributed by atoms with Gasteiger partial charge < -0.3 is 20.1 Å². The van der Waals surface area contributed by atoms with E-state index in [2.05, 4.69) is 34.2 Å². The Morgan fingerprint density at radius 2 is 1.85 bits per heavy atom. The SMILES string of the molecule is CC(C)(C)OC(=O)N1CCC[C@H]1c1cc(-c2cnc(N)c(-c3ccnc(C#N)c3)c2)ccc1C1CCOCC1. The number of pyridine rings is 2. The summed E-state index contributed by atoms with van der Waals surface area (Å²) >= 11 is 0. The van der Waals surface area contributed by atoms with Crippen LogP contribution in [0.2, 0.25) is 0 Å². The van der Waals surface area contributed by atoms with E-state index in [9.17, 15) is 10.1 Å². The molecule has 5 rings (SSSR count). The molecule has 0 radical (unpaired) electrons. The fourth-order valence-electron chi connectivity index (χ4n) is 5.58. The first kappa shape index (κ1) is 26.6. The summed E-state index contributed by atoms with van der Waals surface area (Å²) in [5, 5.41) is 9.30. The van der Waals surface area contributed by atoms with E-state index in [1.165, 1.54) is 5.56 Å². The summed E-state index contributed by atoms with van der Waals surface area (Å²) in [6, 6.07) is 14.1. The molecule has 0 bridgehead atoms. The van der Waals surface area contributed by atoms with Crippen LogP contribution in [-0.2, 0) is 9.47 Å². The lowest BCUT2D eigenvalue weighted by Crippen LogP contribution is -2.36. The van der Waals surface area contributed by atoms with Gasteiger partial charge in [-0.1, -0.05) is 12.1 Å². The number of anilines is 1. The molecule has 2 saturated heterocycles. The molecular weight excluding hydrogens is 490 g/mol. The van der Waals surface area contributed by atoms with Gasteiger partial charge in [-0.05, 0) is 98.9 Å². The Labute approximate surface area is 229 Å². The van der Waals surface area contributed by atoms with Gasteiger partial charge in [-0.25, -0.2) is 14.8 Å². The van der Waals surface area contributed by atoms with Crippen LogP contribution in [0.25, 0.3) is 22.3 Å². The fraction of sp³-hybridized carbons (Fsp3) is 0.419. The van der Waals surface area contributed by atoms with Gasteiger partial charge in [0.2, 0.25) is 0 Å². The second-order valence-electron chi connectivity index (χ2n) is 11.3. The first-order valence-electron chi connectivity index (χ1n) is 13.6. The Hall–Kier alpha value is -3.96. The number of ether oxygens (including phenoxy) is 2. The van der Waals surface area contributed by atoms with E-state index >= 15 is 0 Å². The number of nitrogens with two attached hydrogens (primary N) is 1. The third-order valence-corrected chi connectivity index (χ3v) is 7.43. The Morgan fingerprint density at radius 1 is 1.05 bits per heavy atom. The lowest BCUT2D eigenvalue weighted by molar-refractivity contribution is 0.0222. The minimum absolute atomic E-state index is 0.0581. The second kappa shape index (κ2) is 11.0. The molecule has 1 aromatic carbocycles. The van der Waals surface area contributed by atoms with Crippen molar-refractivity contribution in [2.75, 3.05) is 25.5 Å². The molecular formula is C31H35N5O3. The summed E-state index contributed by atoms with van der Waals surface area (Å²) < 4.78 is 11.4. The number of carbonyl (C=O) groups excluding carboxylic acids is 1. The largest absolute Gasteiger partial charge is 0.444 e. The highest BCUT2D eigenvalue weighted by Gasteiger charge is 2.35. The molecule has 3 aromatic rings. The first-order valence-corrected chi connectivity index (χ1v) is 13.6. The number of likely N-dealkylation sites (tertiary alicyclic amines) is 1. The molecule has 202 valence electrons. The van der Waals surface area contributed by atoms with E-state index in [4.69, 9.17) is 15.2 Å². The molecule has 1 amide bonds. The van der Waals surface area contributed by atoms with Crippen molar-refractivity contribution in [2.24, 2.45) is 0 Å². The van der Waals surface area contributed by atoms with Crippen molar-refractivity contribution >= 4 is 11.9 Å².